The fourth-order valence-corrected chi connectivity index (χ4v) is 2.85. The van der Waals surface area contributed by atoms with Crippen LogP contribution in [0.5, 0.6) is 23.0 Å². The molecule has 8 heteroatoms. The van der Waals surface area contributed by atoms with Gasteiger partial charge in [0.05, 0.1) is 21.3 Å². The maximum absolute atomic E-state index is 12.1. The Labute approximate surface area is 176 Å². The van der Waals surface area contributed by atoms with E-state index in [0.717, 1.165) is 16.7 Å². The number of hydrazine groups is 1. The van der Waals surface area contributed by atoms with Crippen LogP contribution in [0.1, 0.15) is 23.1 Å². The molecule has 0 heterocycles. The van der Waals surface area contributed by atoms with Gasteiger partial charge in [0.15, 0.2) is 18.1 Å². The molecule has 2 aromatic carbocycles. The van der Waals surface area contributed by atoms with Crippen LogP contribution >= 0.6 is 0 Å². The topological polar surface area (TPSA) is 95.1 Å². The average molecular weight is 416 g/mol. The van der Waals surface area contributed by atoms with Crippen LogP contribution in [0.25, 0.3) is 0 Å². The number of nitrogens with one attached hydrogen (secondary N) is 2. The number of amides is 2. The van der Waals surface area contributed by atoms with E-state index in [4.69, 9.17) is 18.9 Å². The zero-order valence-electron chi connectivity index (χ0n) is 18.0. The normalized spacial score (nSPS) is 10.2. The minimum Gasteiger partial charge on any atom is -0.493 e. The van der Waals surface area contributed by atoms with Gasteiger partial charge in [0, 0.05) is 6.42 Å². The molecule has 30 heavy (non-hydrogen) atoms. The van der Waals surface area contributed by atoms with Gasteiger partial charge >= 0.3 is 0 Å². The highest BCUT2D eigenvalue weighted by molar-refractivity contribution is 5.83. The molecule has 0 unspecified atom stereocenters. The molecular weight excluding hydrogens is 388 g/mol. The number of ether oxygens (including phenoxy) is 4. The number of carbonyl (C=O) groups is 2. The van der Waals surface area contributed by atoms with Gasteiger partial charge in [-0.2, -0.15) is 0 Å². The summed E-state index contributed by atoms with van der Waals surface area (Å²) >= 11 is 0. The highest BCUT2D eigenvalue weighted by atomic mass is 16.5. The van der Waals surface area contributed by atoms with E-state index in [2.05, 4.69) is 10.9 Å². The lowest BCUT2D eigenvalue weighted by Gasteiger charge is -2.15. The SMILES string of the molecule is COc1ccc(CCC(=O)NNC(=O)COc2cc(C)ccc2C)c(OC)c1OC. The van der Waals surface area contributed by atoms with Crippen molar-refractivity contribution in [3.63, 3.8) is 0 Å². The van der Waals surface area contributed by atoms with E-state index < -0.39 is 5.91 Å². The van der Waals surface area contributed by atoms with Crippen LogP contribution in [-0.4, -0.2) is 39.8 Å². The van der Waals surface area contributed by atoms with Crippen LogP contribution < -0.4 is 29.8 Å². The van der Waals surface area contributed by atoms with E-state index in [-0.39, 0.29) is 18.9 Å². The van der Waals surface area contributed by atoms with Crippen LogP contribution in [0, 0.1) is 13.8 Å². The van der Waals surface area contributed by atoms with E-state index in [1.807, 2.05) is 38.1 Å². The van der Waals surface area contributed by atoms with Gasteiger partial charge in [0.1, 0.15) is 5.75 Å². The summed E-state index contributed by atoms with van der Waals surface area (Å²) in [4.78, 5) is 24.1. The number of rotatable bonds is 9. The molecule has 0 bridgehead atoms. The molecule has 0 fully saturated rings. The maximum Gasteiger partial charge on any atom is 0.276 e. The zero-order valence-corrected chi connectivity index (χ0v) is 18.0. The van der Waals surface area contributed by atoms with Gasteiger partial charge in [0.25, 0.3) is 5.91 Å². The first kappa shape index (κ1) is 22.9. The summed E-state index contributed by atoms with van der Waals surface area (Å²) in [5.74, 6) is 1.36. The van der Waals surface area contributed by atoms with Gasteiger partial charge < -0.3 is 18.9 Å². The third kappa shape index (κ3) is 6.04. The Morgan fingerprint density at radius 2 is 1.53 bits per heavy atom. The molecule has 2 amide bonds. The number of hydrogen-bond acceptors (Lipinski definition) is 6. The molecule has 0 saturated heterocycles. The maximum atomic E-state index is 12.1. The van der Waals surface area contributed by atoms with E-state index in [1.54, 1.807) is 6.07 Å². The van der Waals surface area contributed by atoms with Crippen molar-refractivity contribution in [2.24, 2.45) is 0 Å². The molecular formula is C22H28N2O6. The summed E-state index contributed by atoms with van der Waals surface area (Å²) in [5.41, 5.74) is 7.50. The lowest BCUT2D eigenvalue weighted by molar-refractivity contribution is -0.130. The largest absolute Gasteiger partial charge is 0.493 e. The molecule has 0 atom stereocenters. The molecule has 0 radical (unpaired) electrons. The molecule has 0 aromatic heterocycles. The van der Waals surface area contributed by atoms with Gasteiger partial charge in [-0.05, 0) is 49.1 Å². The van der Waals surface area contributed by atoms with Gasteiger partial charge in [0.2, 0.25) is 11.7 Å². The van der Waals surface area contributed by atoms with Gasteiger partial charge in [-0.15, -0.1) is 0 Å². The first-order chi connectivity index (χ1) is 14.4. The molecule has 0 spiro atoms. The van der Waals surface area contributed by atoms with Crippen molar-refractivity contribution in [2.75, 3.05) is 27.9 Å². The molecule has 0 aliphatic heterocycles. The second kappa shape index (κ2) is 10.9. The number of methoxy groups -OCH3 is 3. The van der Waals surface area contributed by atoms with Gasteiger partial charge in [-0.3, -0.25) is 20.4 Å². The smallest absolute Gasteiger partial charge is 0.276 e. The molecule has 2 N–H and O–H groups in total. The first-order valence-electron chi connectivity index (χ1n) is 9.45. The quantitative estimate of drug-likeness (QED) is 0.610. The van der Waals surface area contributed by atoms with Crippen molar-refractivity contribution in [3.05, 3.63) is 47.0 Å². The Bertz CT molecular complexity index is 897. The third-order valence-electron chi connectivity index (χ3n) is 4.45. The molecule has 0 saturated carbocycles. The predicted molar refractivity (Wildman–Crippen MR) is 112 cm³/mol. The lowest BCUT2D eigenvalue weighted by atomic mass is 10.1. The van der Waals surface area contributed by atoms with Crippen molar-refractivity contribution in [1.82, 2.24) is 10.9 Å². The summed E-state index contributed by atoms with van der Waals surface area (Å²) in [7, 11) is 4.58. The van der Waals surface area contributed by atoms with Crippen LogP contribution in [0.15, 0.2) is 30.3 Å². The van der Waals surface area contributed by atoms with Crippen LogP contribution in [0.3, 0.4) is 0 Å². The summed E-state index contributed by atoms with van der Waals surface area (Å²) in [6.07, 6.45) is 0.536. The molecule has 8 nitrogen and oxygen atoms in total. The molecule has 2 aromatic rings. The highest BCUT2D eigenvalue weighted by Gasteiger charge is 2.16. The Hall–Kier alpha value is -3.42. The number of benzene rings is 2. The second-order valence-electron chi connectivity index (χ2n) is 6.65. The van der Waals surface area contributed by atoms with Crippen molar-refractivity contribution in [1.29, 1.82) is 0 Å². The highest BCUT2D eigenvalue weighted by Crippen LogP contribution is 2.40. The number of carbonyl (C=O) groups excluding carboxylic acids is 2. The van der Waals surface area contributed by atoms with Crippen molar-refractivity contribution in [2.45, 2.75) is 26.7 Å². The molecule has 0 aliphatic rings. The summed E-state index contributed by atoms with van der Waals surface area (Å²) in [6, 6.07) is 9.31. The fourth-order valence-electron chi connectivity index (χ4n) is 2.85. The third-order valence-corrected chi connectivity index (χ3v) is 4.45. The van der Waals surface area contributed by atoms with E-state index >= 15 is 0 Å². The molecule has 0 aliphatic carbocycles. The van der Waals surface area contributed by atoms with Gasteiger partial charge in [-0.25, -0.2) is 0 Å². The van der Waals surface area contributed by atoms with E-state index in [9.17, 15) is 9.59 Å². The minimum absolute atomic E-state index is 0.143. The van der Waals surface area contributed by atoms with E-state index in [1.165, 1.54) is 21.3 Å². The average Bonchev–Trinajstić information content (AvgIpc) is 2.75. The van der Waals surface area contributed by atoms with Crippen LogP contribution in [0.4, 0.5) is 0 Å². The standard InChI is InChI=1S/C22H28N2O6/c1-14-6-7-15(2)18(12-14)30-13-20(26)24-23-19(25)11-9-16-8-10-17(27-3)22(29-5)21(16)28-4/h6-8,10,12H,9,11,13H2,1-5H3,(H,23,25)(H,24,26). The Kier molecular flexibility index (Phi) is 8.34. The fraction of sp³-hybridized carbons (Fsp3) is 0.364. The second-order valence-corrected chi connectivity index (χ2v) is 6.65. The van der Waals surface area contributed by atoms with Crippen molar-refractivity contribution in [3.8, 4) is 23.0 Å². The van der Waals surface area contributed by atoms with Crippen molar-refractivity contribution < 1.29 is 28.5 Å². The Morgan fingerprint density at radius 3 is 2.20 bits per heavy atom. The number of aryl methyl sites for hydroxylation is 3. The summed E-state index contributed by atoms with van der Waals surface area (Å²) in [6.45, 7) is 3.64. The lowest BCUT2D eigenvalue weighted by Crippen LogP contribution is -2.43. The molecule has 162 valence electrons. The van der Waals surface area contributed by atoms with E-state index in [0.29, 0.717) is 29.4 Å². The monoisotopic (exact) mass is 416 g/mol. The van der Waals surface area contributed by atoms with Crippen LogP contribution in [-0.2, 0) is 16.0 Å². The van der Waals surface area contributed by atoms with Crippen molar-refractivity contribution >= 4 is 11.8 Å². The first-order valence-corrected chi connectivity index (χ1v) is 9.45. The Morgan fingerprint density at radius 1 is 0.833 bits per heavy atom. The summed E-state index contributed by atoms with van der Waals surface area (Å²) in [5, 5.41) is 0. The van der Waals surface area contributed by atoms with Gasteiger partial charge in [-0.1, -0.05) is 18.2 Å². The minimum atomic E-state index is -0.451. The Balaban J connectivity index is 1.83. The molecule has 2 rings (SSSR count). The summed E-state index contributed by atoms with van der Waals surface area (Å²) < 4.78 is 21.5. The number of hydrogen-bond donors (Lipinski definition) is 2. The zero-order chi connectivity index (χ0) is 22.1. The predicted octanol–water partition coefficient (Wildman–Crippen LogP) is 2.49. The van der Waals surface area contributed by atoms with Crippen LogP contribution in [0.2, 0.25) is 0 Å².